The van der Waals surface area contributed by atoms with Crippen LogP contribution >= 0.6 is 11.6 Å². The van der Waals surface area contributed by atoms with E-state index in [0.717, 1.165) is 0 Å². The van der Waals surface area contributed by atoms with Crippen LogP contribution in [0.3, 0.4) is 0 Å². The van der Waals surface area contributed by atoms with Crippen LogP contribution in [0, 0.1) is 0 Å². The van der Waals surface area contributed by atoms with Gasteiger partial charge in [0.15, 0.2) is 0 Å². The molecule has 2 aromatic carbocycles. The van der Waals surface area contributed by atoms with E-state index >= 15 is 0 Å². The lowest BCUT2D eigenvalue weighted by molar-refractivity contribution is 0.102. The van der Waals surface area contributed by atoms with Crippen molar-refractivity contribution in [3.63, 3.8) is 0 Å². The van der Waals surface area contributed by atoms with Crippen molar-refractivity contribution in [1.82, 2.24) is 9.97 Å². The maximum absolute atomic E-state index is 12.3. The number of aromatic hydroxyl groups is 1. The highest BCUT2D eigenvalue weighted by atomic mass is 35.5. The first kappa shape index (κ1) is 18.6. The van der Waals surface area contributed by atoms with Crippen LogP contribution in [0.1, 0.15) is 10.4 Å². The number of nitrogens with one attached hydrogen (secondary N) is 2. The largest absolute Gasteiger partial charge is 0.507 e. The third kappa shape index (κ3) is 4.52. The molecule has 0 saturated carbocycles. The molecule has 0 atom stereocenters. The smallest absolute Gasteiger partial charge is 0.264 e. The van der Waals surface area contributed by atoms with Gasteiger partial charge in [0, 0.05) is 23.1 Å². The van der Waals surface area contributed by atoms with Crippen molar-refractivity contribution in [2.24, 2.45) is 0 Å². The Morgan fingerprint density at radius 1 is 1.04 bits per heavy atom. The quantitative estimate of drug-likeness (QED) is 0.601. The summed E-state index contributed by atoms with van der Waals surface area (Å²) in [4.78, 5) is 19.8. The number of phenols is 1. The number of carbonyl (C=O) groups is 1. The monoisotopic (exact) mass is 404 g/mol. The molecule has 3 rings (SSSR count). The molecule has 1 aromatic heterocycles. The van der Waals surface area contributed by atoms with E-state index in [4.69, 9.17) is 11.6 Å². The normalized spacial score (nSPS) is 11.0. The zero-order valence-corrected chi connectivity index (χ0v) is 15.2. The molecule has 0 radical (unpaired) electrons. The van der Waals surface area contributed by atoms with Crippen LogP contribution in [0.5, 0.6) is 5.75 Å². The number of aromatic nitrogens is 2. The fraction of sp³-hybridized carbons (Fsp3) is 0. The van der Waals surface area contributed by atoms with E-state index in [9.17, 15) is 18.3 Å². The lowest BCUT2D eigenvalue weighted by atomic mass is 10.2. The Labute approximate surface area is 159 Å². The summed E-state index contributed by atoms with van der Waals surface area (Å²) >= 11 is 5.83. The summed E-state index contributed by atoms with van der Waals surface area (Å²) in [5, 5.41) is 12.6. The Kier molecular flexibility index (Phi) is 5.24. The molecule has 0 spiro atoms. The van der Waals surface area contributed by atoms with Crippen molar-refractivity contribution in [3.8, 4) is 5.75 Å². The van der Waals surface area contributed by atoms with Crippen molar-refractivity contribution >= 4 is 39.2 Å². The van der Waals surface area contributed by atoms with Gasteiger partial charge in [0.05, 0.1) is 10.5 Å². The molecule has 0 unspecified atom stereocenters. The van der Waals surface area contributed by atoms with Crippen LogP contribution < -0.4 is 10.0 Å². The Morgan fingerprint density at radius 3 is 2.37 bits per heavy atom. The van der Waals surface area contributed by atoms with Crippen molar-refractivity contribution in [2.45, 2.75) is 4.90 Å². The summed E-state index contributed by atoms with van der Waals surface area (Å²) in [5.74, 6) is -0.851. The fourth-order valence-corrected chi connectivity index (χ4v) is 3.27. The standard InChI is InChI=1S/C17H13ClN4O4S/c18-11-2-7-15(23)14(10-11)16(24)21-12-3-5-13(6-4-12)27(25,26)22-17-19-8-1-9-20-17/h1-10,23H,(H,21,24)(H,19,20,22). The minimum absolute atomic E-state index is 0.00194. The van der Waals surface area contributed by atoms with E-state index in [-0.39, 0.29) is 22.2 Å². The molecule has 10 heteroatoms. The van der Waals surface area contributed by atoms with Gasteiger partial charge in [0.1, 0.15) is 5.75 Å². The van der Waals surface area contributed by atoms with E-state index in [1.165, 1.54) is 54.9 Å². The predicted molar refractivity (Wildman–Crippen MR) is 100 cm³/mol. The fourth-order valence-electron chi connectivity index (χ4n) is 2.14. The van der Waals surface area contributed by atoms with Gasteiger partial charge in [-0.2, -0.15) is 0 Å². The number of halogens is 1. The highest BCUT2D eigenvalue weighted by molar-refractivity contribution is 7.92. The van der Waals surface area contributed by atoms with Crippen molar-refractivity contribution < 1.29 is 18.3 Å². The van der Waals surface area contributed by atoms with Gasteiger partial charge in [-0.25, -0.2) is 23.1 Å². The molecule has 8 nitrogen and oxygen atoms in total. The topological polar surface area (TPSA) is 121 Å². The first-order chi connectivity index (χ1) is 12.8. The van der Waals surface area contributed by atoms with E-state index in [1.807, 2.05) is 0 Å². The second-order valence-corrected chi connectivity index (χ2v) is 7.44. The number of amides is 1. The Morgan fingerprint density at radius 2 is 1.70 bits per heavy atom. The summed E-state index contributed by atoms with van der Waals surface area (Å²) < 4.78 is 26.9. The lowest BCUT2D eigenvalue weighted by Gasteiger charge is -2.09. The van der Waals surface area contributed by atoms with Gasteiger partial charge in [0.2, 0.25) is 5.95 Å². The molecular formula is C17H13ClN4O4S. The van der Waals surface area contributed by atoms with Crippen molar-refractivity contribution in [3.05, 3.63) is 71.5 Å². The molecule has 0 fully saturated rings. The molecule has 0 aliphatic rings. The molecule has 0 aliphatic heterocycles. The van der Waals surface area contributed by atoms with Crippen LogP contribution in [0.15, 0.2) is 65.8 Å². The Bertz CT molecular complexity index is 1070. The second-order valence-electron chi connectivity index (χ2n) is 5.32. The van der Waals surface area contributed by atoms with E-state index < -0.39 is 15.9 Å². The van der Waals surface area contributed by atoms with Crippen molar-refractivity contribution in [1.29, 1.82) is 0 Å². The van der Waals surface area contributed by atoms with Gasteiger partial charge in [-0.3, -0.25) is 4.79 Å². The summed E-state index contributed by atoms with van der Waals surface area (Å²) in [6.45, 7) is 0. The maximum atomic E-state index is 12.3. The number of sulfonamides is 1. The third-order valence-electron chi connectivity index (χ3n) is 3.42. The molecule has 27 heavy (non-hydrogen) atoms. The van der Waals surface area contributed by atoms with Crippen molar-refractivity contribution in [2.75, 3.05) is 10.0 Å². The minimum Gasteiger partial charge on any atom is -0.507 e. The number of phenolic OH excluding ortho intramolecular Hbond substituents is 1. The number of benzene rings is 2. The average molecular weight is 405 g/mol. The molecule has 3 aromatic rings. The van der Waals surface area contributed by atoms with E-state index in [0.29, 0.717) is 10.7 Å². The minimum atomic E-state index is -3.87. The average Bonchev–Trinajstić information content (AvgIpc) is 2.64. The first-order valence-corrected chi connectivity index (χ1v) is 9.41. The number of nitrogens with zero attached hydrogens (tertiary/aromatic N) is 2. The second kappa shape index (κ2) is 7.60. The zero-order valence-electron chi connectivity index (χ0n) is 13.6. The summed E-state index contributed by atoms with van der Waals surface area (Å²) in [6, 6.07) is 11.1. The number of hydrogen-bond donors (Lipinski definition) is 3. The molecule has 138 valence electrons. The number of carbonyl (C=O) groups excluding carboxylic acids is 1. The molecule has 1 amide bonds. The Hall–Kier alpha value is -3.17. The molecule has 0 aliphatic carbocycles. The van der Waals surface area contributed by atoms with Crippen LogP contribution in [0.25, 0.3) is 0 Å². The maximum Gasteiger partial charge on any atom is 0.264 e. The highest BCUT2D eigenvalue weighted by Gasteiger charge is 2.16. The predicted octanol–water partition coefficient (Wildman–Crippen LogP) is 2.89. The van der Waals surface area contributed by atoms with Crippen LogP contribution in [-0.2, 0) is 10.0 Å². The summed E-state index contributed by atoms with van der Waals surface area (Å²) in [6.07, 6.45) is 2.82. The highest BCUT2D eigenvalue weighted by Crippen LogP contribution is 2.23. The van der Waals surface area contributed by atoms with Crippen LogP contribution in [-0.4, -0.2) is 29.4 Å². The molecule has 3 N–H and O–H groups in total. The van der Waals surface area contributed by atoms with E-state index in [1.54, 1.807) is 6.07 Å². The molecule has 0 bridgehead atoms. The molecular weight excluding hydrogens is 392 g/mol. The van der Waals surface area contributed by atoms with Gasteiger partial charge in [-0.05, 0) is 48.5 Å². The van der Waals surface area contributed by atoms with Gasteiger partial charge >= 0.3 is 0 Å². The van der Waals surface area contributed by atoms with E-state index in [2.05, 4.69) is 20.0 Å². The summed E-state index contributed by atoms with van der Waals surface area (Å²) in [5.41, 5.74) is 0.344. The zero-order chi connectivity index (χ0) is 19.4. The molecule has 1 heterocycles. The third-order valence-corrected chi connectivity index (χ3v) is 5.00. The number of hydrogen-bond acceptors (Lipinski definition) is 6. The summed E-state index contributed by atoms with van der Waals surface area (Å²) in [7, 11) is -3.87. The first-order valence-electron chi connectivity index (χ1n) is 7.55. The number of rotatable bonds is 5. The van der Waals surface area contributed by atoms with Gasteiger partial charge in [0.25, 0.3) is 15.9 Å². The van der Waals surface area contributed by atoms with Crippen LogP contribution in [0.4, 0.5) is 11.6 Å². The van der Waals surface area contributed by atoms with Gasteiger partial charge in [-0.1, -0.05) is 11.6 Å². The van der Waals surface area contributed by atoms with Gasteiger partial charge in [-0.15, -0.1) is 0 Å². The molecule has 0 saturated heterocycles. The lowest BCUT2D eigenvalue weighted by Crippen LogP contribution is -2.15. The number of anilines is 2. The van der Waals surface area contributed by atoms with Gasteiger partial charge < -0.3 is 10.4 Å². The van der Waals surface area contributed by atoms with Crippen LogP contribution in [0.2, 0.25) is 5.02 Å². The Balaban J connectivity index is 1.75. The SMILES string of the molecule is O=C(Nc1ccc(S(=O)(=O)Nc2ncccn2)cc1)c1cc(Cl)ccc1O.